The van der Waals surface area contributed by atoms with Gasteiger partial charge in [-0.15, -0.1) is 10.2 Å². The largest absolute Gasteiger partial charge is 0.351 e. The van der Waals surface area contributed by atoms with Gasteiger partial charge in [-0.2, -0.15) is 0 Å². The van der Waals surface area contributed by atoms with Crippen molar-refractivity contribution in [3.8, 4) is 0 Å². The van der Waals surface area contributed by atoms with Gasteiger partial charge in [0.2, 0.25) is 5.91 Å². The first-order valence-electron chi connectivity index (χ1n) is 7.22. The van der Waals surface area contributed by atoms with Crippen molar-refractivity contribution in [2.45, 2.75) is 42.8 Å². The van der Waals surface area contributed by atoms with Crippen LogP contribution in [0, 0.1) is 5.82 Å². The van der Waals surface area contributed by atoms with Crippen LogP contribution in [0.5, 0.6) is 0 Å². The number of benzene rings is 1. The average Bonchev–Trinajstić information content (AvgIpc) is 3.26. The van der Waals surface area contributed by atoms with Gasteiger partial charge in [0.25, 0.3) is 0 Å². The van der Waals surface area contributed by atoms with Gasteiger partial charge in [-0.3, -0.25) is 4.79 Å². The maximum Gasteiger partial charge on any atom is 0.233 e. The van der Waals surface area contributed by atoms with Crippen LogP contribution in [0.25, 0.3) is 0 Å². The lowest BCUT2D eigenvalue weighted by atomic mass is 10.2. The number of thioether (sulfide) groups is 1. The summed E-state index contributed by atoms with van der Waals surface area (Å²) in [5, 5.41) is 11.4. The van der Waals surface area contributed by atoms with Gasteiger partial charge >= 0.3 is 0 Å². The summed E-state index contributed by atoms with van der Waals surface area (Å²) in [5.74, 6) is -0.349. The molecule has 0 bridgehead atoms. The van der Waals surface area contributed by atoms with Crippen molar-refractivity contribution in [2.75, 3.05) is 0 Å². The fourth-order valence-corrected chi connectivity index (χ4v) is 2.99. The van der Waals surface area contributed by atoms with Crippen LogP contribution >= 0.6 is 11.8 Å². The second-order valence-corrected chi connectivity index (χ2v) is 6.66. The molecule has 5 nitrogen and oxygen atoms in total. The molecule has 3 rings (SSSR count). The van der Waals surface area contributed by atoms with Crippen molar-refractivity contribution in [1.29, 1.82) is 0 Å². The predicted molar refractivity (Wildman–Crippen MR) is 81.9 cm³/mol. The predicted octanol–water partition coefficient (Wildman–Crippen LogP) is 2.55. The van der Waals surface area contributed by atoms with Crippen LogP contribution in [0.3, 0.4) is 0 Å². The van der Waals surface area contributed by atoms with Crippen LogP contribution in [0.15, 0.2) is 35.7 Å². The molecule has 1 atom stereocenters. The van der Waals surface area contributed by atoms with E-state index in [1.165, 1.54) is 23.9 Å². The molecule has 1 aliphatic carbocycles. The lowest BCUT2D eigenvalue weighted by Gasteiger charge is -2.12. The number of amides is 1. The van der Waals surface area contributed by atoms with Gasteiger partial charge in [-0.1, -0.05) is 23.9 Å². The van der Waals surface area contributed by atoms with Crippen LogP contribution in [0.2, 0.25) is 0 Å². The van der Waals surface area contributed by atoms with Crippen molar-refractivity contribution >= 4 is 17.7 Å². The minimum Gasteiger partial charge on any atom is -0.351 e. The number of carbonyl (C=O) groups excluding carboxylic acids is 1. The van der Waals surface area contributed by atoms with E-state index in [1.54, 1.807) is 18.5 Å². The SMILES string of the molecule is CC(Sc1nncn1C1CC1)C(=O)NCc1ccc(F)cc1. The smallest absolute Gasteiger partial charge is 0.233 e. The highest BCUT2D eigenvalue weighted by Gasteiger charge is 2.27. The van der Waals surface area contributed by atoms with Crippen molar-refractivity contribution in [3.63, 3.8) is 0 Å². The summed E-state index contributed by atoms with van der Waals surface area (Å²) in [4.78, 5) is 12.1. The molecule has 0 spiro atoms. The maximum absolute atomic E-state index is 12.8. The Balaban J connectivity index is 1.53. The van der Waals surface area contributed by atoms with Crippen LogP contribution in [0.1, 0.15) is 31.4 Å². The van der Waals surface area contributed by atoms with E-state index in [1.807, 2.05) is 11.5 Å². The molecular formula is C15H17FN4OS. The Kier molecular flexibility index (Phi) is 4.42. The fraction of sp³-hybridized carbons (Fsp3) is 0.400. The highest BCUT2D eigenvalue weighted by atomic mass is 32.2. The molecule has 1 heterocycles. The average molecular weight is 320 g/mol. The van der Waals surface area contributed by atoms with Crippen LogP contribution in [-0.2, 0) is 11.3 Å². The molecule has 7 heteroatoms. The Morgan fingerprint density at radius 2 is 2.18 bits per heavy atom. The molecular weight excluding hydrogens is 303 g/mol. The number of halogens is 1. The van der Waals surface area contributed by atoms with E-state index >= 15 is 0 Å². The number of nitrogens with zero attached hydrogens (tertiary/aromatic N) is 3. The number of carbonyl (C=O) groups is 1. The molecule has 1 aromatic heterocycles. The summed E-state index contributed by atoms with van der Waals surface area (Å²) < 4.78 is 14.9. The summed E-state index contributed by atoms with van der Waals surface area (Å²) in [6.45, 7) is 2.23. The van der Waals surface area contributed by atoms with E-state index in [4.69, 9.17) is 0 Å². The molecule has 1 fully saturated rings. The quantitative estimate of drug-likeness (QED) is 0.831. The molecule has 1 unspecified atom stereocenters. The molecule has 1 aromatic carbocycles. The van der Waals surface area contributed by atoms with Gasteiger partial charge in [0.15, 0.2) is 5.16 Å². The Morgan fingerprint density at radius 1 is 1.45 bits per heavy atom. The number of hydrogen-bond donors (Lipinski definition) is 1. The van der Waals surface area contributed by atoms with Gasteiger partial charge in [0, 0.05) is 12.6 Å². The van der Waals surface area contributed by atoms with E-state index in [0.29, 0.717) is 12.6 Å². The fourth-order valence-electron chi connectivity index (χ4n) is 2.07. The first-order chi connectivity index (χ1) is 10.6. The number of aromatic nitrogens is 3. The topological polar surface area (TPSA) is 59.8 Å². The van der Waals surface area contributed by atoms with Gasteiger partial charge in [0.05, 0.1) is 5.25 Å². The first kappa shape index (κ1) is 15.0. The third-order valence-electron chi connectivity index (χ3n) is 3.51. The van der Waals surface area contributed by atoms with Gasteiger partial charge in [0.1, 0.15) is 12.1 Å². The Bertz CT molecular complexity index is 654. The summed E-state index contributed by atoms with van der Waals surface area (Å²) in [5.41, 5.74) is 0.869. The Morgan fingerprint density at radius 3 is 2.86 bits per heavy atom. The zero-order valence-electron chi connectivity index (χ0n) is 12.2. The second-order valence-electron chi connectivity index (χ2n) is 5.36. The highest BCUT2D eigenvalue weighted by molar-refractivity contribution is 8.00. The van der Waals surface area contributed by atoms with E-state index in [-0.39, 0.29) is 17.0 Å². The molecule has 0 radical (unpaired) electrons. The zero-order chi connectivity index (χ0) is 15.5. The number of rotatable bonds is 6. The lowest BCUT2D eigenvalue weighted by Crippen LogP contribution is -2.30. The van der Waals surface area contributed by atoms with E-state index in [9.17, 15) is 9.18 Å². The van der Waals surface area contributed by atoms with Gasteiger partial charge in [-0.05, 0) is 37.5 Å². The zero-order valence-corrected chi connectivity index (χ0v) is 13.0. The molecule has 22 heavy (non-hydrogen) atoms. The standard InChI is InChI=1S/C15H17FN4OS/c1-10(22-15-19-18-9-20(15)13-6-7-13)14(21)17-8-11-2-4-12(16)5-3-11/h2-5,9-10,13H,6-8H2,1H3,(H,17,21). The Hall–Kier alpha value is -1.89. The van der Waals surface area contributed by atoms with Crippen LogP contribution in [-0.4, -0.2) is 25.9 Å². The summed E-state index contributed by atoms with van der Waals surface area (Å²) >= 11 is 1.41. The maximum atomic E-state index is 12.8. The van der Waals surface area contributed by atoms with Crippen molar-refractivity contribution in [3.05, 3.63) is 42.0 Å². The highest BCUT2D eigenvalue weighted by Crippen LogP contribution is 2.37. The molecule has 0 saturated heterocycles. The van der Waals surface area contributed by atoms with E-state index in [2.05, 4.69) is 15.5 Å². The van der Waals surface area contributed by atoms with Crippen molar-refractivity contribution in [2.24, 2.45) is 0 Å². The lowest BCUT2D eigenvalue weighted by molar-refractivity contribution is -0.120. The normalized spacial score (nSPS) is 15.5. The Labute approximate surface area is 132 Å². The third kappa shape index (κ3) is 3.65. The van der Waals surface area contributed by atoms with Gasteiger partial charge in [-0.25, -0.2) is 4.39 Å². The van der Waals surface area contributed by atoms with Crippen LogP contribution < -0.4 is 5.32 Å². The molecule has 0 aliphatic heterocycles. The molecule has 1 saturated carbocycles. The summed E-state index contributed by atoms with van der Waals surface area (Å²) in [6, 6.07) is 6.59. The van der Waals surface area contributed by atoms with Gasteiger partial charge < -0.3 is 9.88 Å². The van der Waals surface area contributed by atoms with Crippen LogP contribution in [0.4, 0.5) is 4.39 Å². The number of nitrogens with one attached hydrogen (secondary N) is 1. The minimum atomic E-state index is -0.279. The number of hydrogen-bond acceptors (Lipinski definition) is 4. The molecule has 1 amide bonds. The monoisotopic (exact) mass is 320 g/mol. The van der Waals surface area contributed by atoms with E-state index in [0.717, 1.165) is 23.6 Å². The molecule has 2 aromatic rings. The molecule has 1 N–H and O–H groups in total. The summed E-state index contributed by atoms with van der Waals surface area (Å²) in [7, 11) is 0. The van der Waals surface area contributed by atoms with Crippen molar-refractivity contribution in [1.82, 2.24) is 20.1 Å². The second kappa shape index (κ2) is 6.48. The molecule has 116 valence electrons. The van der Waals surface area contributed by atoms with Crippen molar-refractivity contribution < 1.29 is 9.18 Å². The molecule has 1 aliphatic rings. The van der Waals surface area contributed by atoms with E-state index < -0.39 is 0 Å². The first-order valence-corrected chi connectivity index (χ1v) is 8.10. The minimum absolute atomic E-state index is 0.0697. The summed E-state index contributed by atoms with van der Waals surface area (Å²) in [6.07, 6.45) is 4.02. The third-order valence-corrected chi connectivity index (χ3v) is 4.58.